The van der Waals surface area contributed by atoms with Crippen molar-refractivity contribution < 1.29 is 9.53 Å². The van der Waals surface area contributed by atoms with E-state index in [0.29, 0.717) is 17.9 Å². The van der Waals surface area contributed by atoms with Crippen molar-refractivity contribution in [2.45, 2.75) is 25.7 Å². The highest BCUT2D eigenvalue weighted by Gasteiger charge is 2.25. The highest BCUT2D eigenvalue weighted by atomic mass is 16.5. The molecule has 0 spiro atoms. The first-order valence-electron chi connectivity index (χ1n) is 9.17. The Hall–Kier alpha value is -2.55. The number of Topliss-reactive ketones (excluding diaryl/α,β-unsaturated/α-hetero) is 1. The van der Waals surface area contributed by atoms with Gasteiger partial charge in [-0.15, -0.1) is 0 Å². The molecule has 25 heavy (non-hydrogen) atoms. The summed E-state index contributed by atoms with van der Waals surface area (Å²) in [6.07, 6.45) is 6.76. The summed E-state index contributed by atoms with van der Waals surface area (Å²) in [5, 5.41) is 0. The number of carbonyl (C=O) groups excluding carboxylic acids is 1. The Morgan fingerprint density at radius 1 is 1.00 bits per heavy atom. The molecular formula is C22H21NO2. The summed E-state index contributed by atoms with van der Waals surface area (Å²) in [6, 6.07) is 12.1. The molecule has 0 unspecified atom stereocenters. The van der Waals surface area contributed by atoms with Crippen LogP contribution in [-0.2, 0) is 12.8 Å². The van der Waals surface area contributed by atoms with E-state index in [0.717, 1.165) is 24.0 Å². The standard InChI is InChI=1S/C22H21NO2/c24-22-18(14-25-20-8-2-1-7-19(20)22)13-15-11-16-5-3-9-23-10-4-6-17(12-15)21(16)23/h1-2,7-8,11-13H,3-6,9-10,14H2. The molecule has 0 amide bonds. The molecule has 2 aromatic carbocycles. The number of para-hydroxylation sites is 1. The van der Waals surface area contributed by atoms with E-state index in [1.54, 1.807) is 0 Å². The van der Waals surface area contributed by atoms with Gasteiger partial charge >= 0.3 is 0 Å². The van der Waals surface area contributed by atoms with E-state index in [4.69, 9.17) is 4.74 Å². The van der Waals surface area contributed by atoms with Gasteiger partial charge in [-0.05, 0) is 72.7 Å². The van der Waals surface area contributed by atoms with Crippen LogP contribution in [0.1, 0.15) is 39.9 Å². The predicted octanol–water partition coefficient (Wildman–Crippen LogP) is 4.04. The van der Waals surface area contributed by atoms with Gasteiger partial charge in [0.15, 0.2) is 5.78 Å². The largest absolute Gasteiger partial charge is 0.488 e. The van der Waals surface area contributed by atoms with Crippen LogP contribution >= 0.6 is 0 Å². The van der Waals surface area contributed by atoms with E-state index in [1.165, 1.54) is 42.7 Å². The van der Waals surface area contributed by atoms with Crippen molar-refractivity contribution in [1.29, 1.82) is 0 Å². The lowest BCUT2D eigenvalue weighted by atomic mass is 9.89. The van der Waals surface area contributed by atoms with Crippen molar-refractivity contribution in [2.24, 2.45) is 0 Å². The Kier molecular flexibility index (Phi) is 3.40. The van der Waals surface area contributed by atoms with Crippen LogP contribution in [0, 0.1) is 0 Å². The zero-order valence-electron chi connectivity index (χ0n) is 14.3. The van der Waals surface area contributed by atoms with E-state index in [2.05, 4.69) is 17.0 Å². The average molecular weight is 331 g/mol. The van der Waals surface area contributed by atoms with Crippen molar-refractivity contribution in [2.75, 3.05) is 24.6 Å². The monoisotopic (exact) mass is 331 g/mol. The van der Waals surface area contributed by atoms with Crippen LogP contribution in [-0.4, -0.2) is 25.5 Å². The normalized spacial score (nSPS) is 20.1. The number of fused-ring (bicyclic) bond motifs is 1. The molecule has 5 rings (SSSR count). The quantitative estimate of drug-likeness (QED) is 0.739. The topological polar surface area (TPSA) is 29.5 Å². The summed E-state index contributed by atoms with van der Waals surface area (Å²) < 4.78 is 5.78. The van der Waals surface area contributed by atoms with Gasteiger partial charge in [-0.2, -0.15) is 0 Å². The first-order valence-corrected chi connectivity index (χ1v) is 9.17. The molecule has 0 saturated heterocycles. The molecule has 0 fully saturated rings. The number of anilines is 1. The van der Waals surface area contributed by atoms with Crippen LogP contribution in [0.25, 0.3) is 6.08 Å². The van der Waals surface area contributed by atoms with Gasteiger partial charge in [0.2, 0.25) is 0 Å². The van der Waals surface area contributed by atoms with Crippen molar-refractivity contribution in [1.82, 2.24) is 0 Å². The minimum atomic E-state index is 0.0924. The van der Waals surface area contributed by atoms with Gasteiger partial charge < -0.3 is 9.64 Å². The summed E-state index contributed by atoms with van der Waals surface area (Å²) in [7, 11) is 0. The van der Waals surface area contributed by atoms with Crippen LogP contribution in [0.3, 0.4) is 0 Å². The van der Waals surface area contributed by atoms with Gasteiger partial charge in [-0.1, -0.05) is 12.1 Å². The van der Waals surface area contributed by atoms with Gasteiger partial charge in [0.1, 0.15) is 12.4 Å². The van der Waals surface area contributed by atoms with Gasteiger partial charge in [0.05, 0.1) is 5.56 Å². The van der Waals surface area contributed by atoms with Crippen LogP contribution in [0.15, 0.2) is 42.0 Å². The Bertz CT molecular complexity index is 866. The molecule has 3 heterocycles. The smallest absolute Gasteiger partial charge is 0.196 e. The lowest BCUT2D eigenvalue weighted by Crippen LogP contribution is -2.34. The van der Waals surface area contributed by atoms with Crippen molar-refractivity contribution in [3.8, 4) is 5.75 Å². The second kappa shape index (κ2) is 5.76. The fraction of sp³-hybridized carbons (Fsp3) is 0.318. The van der Waals surface area contributed by atoms with E-state index < -0.39 is 0 Å². The first kappa shape index (κ1) is 14.8. The first-order chi connectivity index (χ1) is 12.3. The van der Waals surface area contributed by atoms with Crippen molar-refractivity contribution in [3.05, 3.63) is 64.2 Å². The molecule has 0 radical (unpaired) electrons. The fourth-order valence-corrected chi connectivity index (χ4v) is 4.40. The van der Waals surface area contributed by atoms with Crippen molar-refractivity contribution >= 4 is 17.5 Å². The van der Waals surface area contributed by atoms with E-state index in [1.807, 2.05) is 30.3 Å². The Morgan fingerprint density at radius 2 is 1.72 bits per heavy atom. The molecule has 3 heteroatoms. The molecule has 0 saturated carbocycles. The number of hydrogen-bond donors (Lipinski definition) is 0. The summed E-state index contributed by atoms with van der Waals surface area (Å²) in [4.78, 5) is 15.3. The molecule has 3 aliphatic rings. The van der Waals surface area contributed by atoms with Crippen LogP contribution in [0.4, 0.5) is 5.69 Å². The lowest BCUT2D eigenvalue weighted by Gasteiger charge is -2.37. The number of hydrogen-bond acceptors (Lipinski definition) is 3. The molecule has 3 aliphatic heterocycles. The molecule has 126 valence electrons. The van der Waals surface area contributed by atoms with Gasteiger partial charge in [0, 0.05) is 24.4 Å². The number of ketones is 1. The number of rotatable bonds is 1. The van der Waals surface area contributed by atoms with E-state index in [9.17, 15) is 4.79 Å². The summed E-state index contributed by atoms with van der Waals surface area (Å²) in [5.41, 5.74) is 6.92. The summed E-state index contributed by atoms with van der Waals surface area (Å²) >= 11 is 0. The number of ether oxygens (including phenoxy) is 1. The zero-order chi connectivity index (χ0) is 16.8. The second-order valence-electron chi connectivity index (χ2n) is 7.17. The van der Waals surface area contributed by atoms with Crippen LogP contribution < -0.4 is 9.64 Å². The number of aryl methyl sites for hydroxylation is 2. The minimum absolute atomic E-state index is 0.0924. The number of benzene rings is 2. The molecule has 0 N–H and O–H groups in total. The maximum absolute atomic E-state index is 12.8. The molecule has 3 nitrogen and oxygen atoms in total. The molecule has 0 atom stereocenters. The summed E-state index contributed by atoms with van der Waals surface area (Å²) in [5.74, 6) is 0.788. The average Bonchev–Trinajstić information content (AvgIpc) is 2.65. The number of carbonyl (C=O) groups is 1. The maximum atomic E-state index is 12.8. The van der Waals surface area contributed by atoms with Gasteiger partial charge in [0.25, 0.3) is 0 Å². The van der Waals surface area contributed by atoms with Gasteiger partial charge in [-0.3, -0.25) is 4.79 Å². The van der Waals surface area contributed by atoms with Gasteiger partial charge in [-0.25, -0.2) is 0 Å². The fourth-order valence-electron chi connectivity index (χ4n) is 4.40. The number of nitrogens with zero attached hydrogens (tertiary/aromatic N) is 1. The molecule has 0 aliphatic carbocycles. The third kappa shape index (κ3) is 2.46. The Labute approximate surface area is 147 Å². The third-order valence-electron chi connectivity index (χ3n) is 5.50. The van der Waals surface area contributed by atoms with Crippen LogP contribution in [0.2, 0.25) is 0 Å². The zero-order valence-corrected chi connectivity index (χ0v) is 14.3. The highest BCUT2D eigenvalue weighted by Crippen LogP contribution is 2.37. The minimum Gasteiger partial charge on any atom is -0.488 e. The van der Waals surface area contributed by atoms with Crippen LogP contribution in [0.5, 0.6) is 5.75 Å². The second-order valence-corrected chi connectivity index (χ2v) is 7.17. The molecule has 0 aromatic heterocycles. The third-order valence-corrected chi connectivity index (χ3v) is 5.50. The molecular weight excluding hydrogens is 310 g/mol. The maximum Gasteiger partial charge on any atom is 0.196 e. The Morgan fingerprint density at radius 3 is 2.48 bits per heavy atom. The highest BCUT2D eigenvalue weighted by molar-refractivity contribution is 6.14. The lowest BCUT2D eigenvalue weighted by molar-refractivity contribution is 0.100. The van der Waals surface area contributed by atoms with Crippen molar-refractivity contribution in [3.63, 3.8) is 0 Å². The molecule has 0 bridgehead atoms. The van der Waals surface area contributed by atoms with E-state index >= 15 is 0 Å². The Balaban J connectivity index is 1.55. The molecule has 2 aromatic rings. The predicted molar refractivity (Wildman–Crippen MR) is 99.5 cm³/mol. The van der Waals surface area contributed by atoms with E-state index in [-0.39, 0.29) is 5.78 Å². The SMILES string of the molecule is O=C1C(=Cc2cc3c4c(c2)CCCN4CCC3)COc2ccccc21. The summed E-state index contributed by atoms with van der Waals surface area (Å²) in [6.45, 7) is 2.72.